The van der Waals surface area contributed by atoms with Gasteiger partial charge in [-0.15, -0.1) is 0 Å². The first kappa shape index (κ1) is 28.5. The molecule has 0 aromatic heterocycles. The lowest BCUT2D eigenvalue weighted by atomic mass is 10.1. The van der Waals surface area contributed by atoms with Crippen molar-refractivity contribution in [1.29, 1.82) is 0 Å². The highest BCUT2D eigenvalue weighted by Crippen LogP contribution is 1.98. The second-order valence-electron chi connectivity index (χ2n) is 6.61. The molecule has 0 saturated carbocycles. The first-order valence-electron chi connectivity index (χ1n) is 9.37. The second-order valence-corrected chi connectivity index (χ2v) is 6.61. The van der Waals surface area contributed by atoms with Crippen molar-refractivity contribution in [2.75, 3.05) is 19.8 Å². The molecular formula is C16H30N8O8. The number of rotatable bonds is 15. The minimum Gasteiger partial charge on any atom is -0.480 e. The molecule has 0 aromatic carbocycles. The Bertz CT molecular complexity index is 712. The molecule has 0 fully saturated rings. The van der Waals surface area contributed by atoms with Crippen molar-refractivity contribution >= 4 is 35.6 Å². The van der Waals surface area contributed by atoms with E-state index in [1.54, 1.807) is 0 Å². The number of nitrogens with one attached hydrogen (secondary N) is 3. The third-order valence-corrected chi connectivity index (χ3v) is 3.96. The summed E-state index contributed by atoms with van der Waals surface area (Å²) in [6.45, 7) is -1.58. The average molecular weight is 462 g/mol. The largest absolute Gasteiger partial charge is 0.480 e. The zero-order valence-electron chi connectivity index (χ0n) is 17.2. The fraction of sp³-hybridized carbons (Fsp3) is 0.625. The maximum absolute atomic E-state index is 12.3. The van der Waals surface area contributed by atoms with Crippen molar-refractivity contribution in [3.05, 3.63) is 0 Å². The number of aliphatic carboxylic acids is 1. The van der Waals surface area contributed by atoms with Crippen LogP contribution in [0.4, 0.5) is 0 Å². The summed E-state index contributed by atoms with van der Waals surface area (Å²) >= 11 is 0. The molecule has 0 aliphatic carbocycles. The molecule has 0 heterocycles. The van der Waals surface area contributed by atoms with E-state index in [2.05, 4.69) is 15.6 Å². The summed E-state index contributed by atoms with van der Waals surface area (Å²) < 4.78 is 0. The standard InChI is InChI=1S/C16H30N8O8/c17-7(2-1-3-21-16(19)20)12(28)23-9(5-25)14(30)24-10(6-26)13(29)22-8(15(31)32)4-11(18)27/h7-10,25-26H,1-6,17H2,(H2,18,27)(H,22,29)(H,23,28)(H,24,30)(H,31,32)(H4,19,20,21). The molecule has 0 aliphatic heterocycles. The Morgan fingerprint density at radius 1 is 0.812 bits per heavy atom. The number of carboxylic acid groups (broad SMARTS) is 1. The second kappa shape index (κ2) is 14.5. The van der Waals surface area contributed by atoms with Gasteiger partial charge in [0.2, 0.25) is 23.6 Å². The Morgan fingerprint density at radius 2 is 1.28 bits per heavy atom. The molecule has 0 aromatic rings. The van der Waals surface area contributed by atoms with E-state index < -0.39 is 73.4 Å². The highest BCUT2D eigenvalue weighted by Gasteiger charge is 2.30. The van der Waals surface area contributed by atoms with Gasteiger partial charge in [0.15, 0.2) is 5.96 Å². The molecule has 14 N–H and O–H groups in total. The molecule has 0 rings (SSSR count). The molecule has 16 heteroatoms. The zero-order chi connectivity index (χ0) is 24.8. The van der Waals surface area contributed by atoms with Crippen molar-refractivity contribution in [1.82, 2.24) is 16.0 Å². The third-order valence-electron chi connectivity index (χ3n) is 3.96. The Kier molecular flexibility index (Phi) is 12.9. The predicted octanol–water partition coefficient (Wildman–Crippen LogP) is -6.23. The summed E-state index contributed by atoms with van der Waals surface area (Å²) in [4.78, 5) is 62.2. The lowest BCUT2D eigenvalue weighted by Crippen LogP contribution is -2.59. The summed E-state index contributed by atoms with van der Waals surface area (Å²) in [5.74, 6) is -5.64. The van der Waals surface area contributed by atoms with Gasteiger partial charge in [0.05, 0.1) is 25.7 Å². The van der Waals surface area contributed by atoms with Crippen LogP contribution in [0.1, 0.15) is 19.3 Å². The van der Waals surface area contributed by atoms with Crippen LogP contribution < -0.4 is 38.9 Å². The van der Waals surface area contributed by atoms with E-state index in [1.165, 1.54) is 0 Å². The zero-order valence-corrected chi connectivity index (χ0v) is 17.2. The van der Waals surface area contributed by atoms with Gasteiger partial charge in [-0.25, -0.2) is 4.79 Å². The molecule has 32 heavy (non-hydrogen) atoms. The summed E-state index contributed by atoms with van der Waals surface area (Å²) in [6, 6.07) is -5.89. The molecule has 0 radical (unpaired) electrons. The number of carbonyl (C=O) groups excluding carboxylic acids is 4. The number of carboxylic acids is 1. The van der Waals surface area contributed by atoms with Crippen LogP contribution in [0.2, 0.25) is 0 Å². The molecule has 0 saturated heterocycles. The van der Waals surface area contributed by atoms with Crippen molar-refractivity contribution < 1.29 is 39.3 Å². The Labute approximate surface area is 182 Å². The Balaban J connectivity index is 4.90. The number of carbonyl (C=O) groups is 5. The van der Waals surface area contributed by atoms with Crippen LogP contribution in [0.3, 0.4) is 0 Å². The number of hydrogen-bond donors (Lipinski definition) is 10. The van der Waals surface area contributed by atoms with Gasteiger partial charge in [0.25, 0.3) is 0 Å². The number of aliphatic hydroxyl groups excluding tert-OH is 2. The summed E-state index contributed by atoms with van der Waals surface area (Å²) in [7, 11) is 0. The fourth-order valence-corrected chi connectivity index (χ4v) is 2.26. The summed E-state index contributed by atoms with van der Waals surface area (Å²) in [5.41, 5.74) is 21.0. The van der Waals surface area contributed by atoms with Crippen LogP contribution >= 0.6 is 0 Å². The van der Waals surface area contributed by atoms with E-state index in [9.17, 15) is 34.2 Å². The van der Waals surface area contributed by atoms with Gasteiger partial charge in [-0.3, -0.25) is 24.2 Å². The van der Waals surface area contributed by atoms with Gasteiger partial charge in [0, 0.05) is 6.54 Å². The summed E-state index contributed by atoms with van der Waals surface area (Å²) in [6.07, 6.45) is -0.185. The third kappa shape index (κ3) is 11.0. The molecule has 0 spiro atoms. The molecule has 0 bridgehead atoms. The van der Waals surface area contributed by atoms with Crippen molar-refractivity contribution in [2.45, 2.75) is 43.4 Å². The molecule has 4 atom stereocenters. The summed E-state index contributed by atoms with van der Waals surface area (Å²) in [5, 5.41) is 33.9. The fourth-order valence-electron chi connectivity index (χ4n) is 2.26. The minimum absolute atomic E-state index is 0.119. The molecule has 4 unspecified atom stereocenters. The highest BCUT2D eigenvalue weighted by atomic mass is 16.4. The molecule has 0 aliphatic rings. The van der Waals surface area contributed by atoms with Crippen LogP contribution in [0, 0.1) is 0 Å². The molecule has 16 nitrogen and oxygen atoms in total. The van der Waals surface area contributed by atoms with Crippen LogP contribution in [0.5, 0.6) is 0 Å². The SMILES string of the molecule is NC(=O)CC(NC(=O)C(CO)NC(=O)C(CO)NC(=O)C(N)CCCN=C(N)N)C(=O)O. The molecule has 182 valence electrons. The monoisotopic (exact) mass is 462 g/mol. The molecular weight excluding hydrogens is 432 g/mol. The van der Waals surface area contributed by atoms with E-state index in [4.69, 9.17) is 28.0 Å². The highest BCUT2D eigenvalue weighted by molar-refractivity contribution is 5.95. The minimum atomic E-state index is -1.68. The van der Waals surface area contributed by atoms with Crippen molar-refractivity contribution in [3.8, 4) is 0 Å². The number of nitrogens with zero attached hydrogens (tertiary/aromatic N) is 1. The first-order chi connectivity index (χ1) is 14.9. The van der Waals surface area contributed by atoms with Crippen LogP contribution in [0.25, 0.3) is 0 Å². The number of nitrogens with two attached hydrogens (primary N) is 4. The topological polar surface area (TPSA) is 299 Å². The van der Waals surface area contributed by atoms with Crippen LogP contribution in [-0.2, 0) is 24.0 Å². The van der Waals surface area contributed by atoms with Crippen molar-refractivity contribution in [3.63, 3.8) is 0 Å². The molecule has 4 amide bonds. The average Bonchev–Trinajstić information content (AvgIpc) is 2.71. The van der Waals surface area contributed by atoms with Crippen LogP contribution in [-0.4, -0.2) is 94.8 Å². The smallest absolute Gasteiger partial charge is 0.326 e. The van der Waals surface area contributed by atoms with Gasteiger partial charge < -0.3 is 54.2 Å². The number of aliphatic imine (C=N–C) groups is 1. The van der Waals surface area contributed by atoms with E-state index in [0.29, 0.717) is 6.42 Å². The maximum Gasteiger partial charge on any atom is 0.326 e. The number of hydrogen-bond acceptors (Lipinski definition) is 9. The van der Waals surface area contributed by atoms with E-state index in [-0.39, 0.29) is 18.9 Å². The maximum atomic E-state index is 12.3. The van der Waals surface area contributed by atoms with Crippen molar-refractivity contribution in [2.24, 2.45) is 27.9 Å². The van der Waals surface area contributed by atoms with E-state index >= 15 is 0 Å². The van der Waals surface area contributed by atoms with Gasteiger partial charge >= 0.3 is 5.97 Å². The number of aliphatic hydroxyl groups is 2. The Morgan fingerprint density at radius 3 is 1.69 bits per heavy atom. The quantitative estimate of drug-likeness (QED) is 0.0619. The Hall–Kier alpha value is -3.50. The van der Waals surface area contributed by atoms with E-state index in [1.807, 2.05) is 5.32 Å². The lowest BCUT2D eigenvalue weighted by Gasteiger charge is -2.23. The van der Waals surface area contributed by atoms with Gasteiger partial charge in [-0.05, 0) is 12.8 Å². The first-order valence-corrected chi connectivity index (χ1v) is 9.37. The van der Waals surface area contributed by atoms with Gasteiger partial charge in [-0.2, -0.15) is 0 Å². The number of primary amides is 1. The van der Waals surface area contributed by atoms with Crippen LogP contribution in [0.15, 0.2) is 4.99 Å². The van der Waals surface area contributed by atoms with Gasteiger partial charge in [0.1, 0.15) is 18.1 Å². The number of amides is 4. The lowest BCUT2D eigenvalue weighted by molar-refractivity contribution is -0.144. The predicted molar refractivity (Wildman–Crippen MR) is 109 cm³/mol. The van der Waals surface area contributed by atoms with E-state index in [0.717, 1.165) is 0 Å². The normalized spacial score (nSPS) is 14.2. The van der Waals surface area contributed by atoms with Gasteiger partial charge in [-0.1, -0.05) is 0 Å². The number of guanidine groups is 1.